The van der Waals surface area contributed by atoms with Gasteiger partial charge < -0.3 is 10.1 Å². The first-order chi connectivity index (χ1) is 10.5. The number of hydrogen-bond acceptors (Lipinski definition) is 4. The van der Waals surface area contributed by atoms with Gasteiger partial charge in [-0.15, -0.1) is 11.3 Å². The zero-order valence-corrected chi connectivity index (χ0v) is 14.8. The second-order valence-corrected chi connectivity index (χ2v) is 6.66. The number of thiophene rings is 1. The van der Waals surface area contributed by atoms with Crippen molar-refractivity contribution >= 4 is 50.7 Å². The molecule has 1 heterocycles. The summed E-state index contributed by atoms with van der Waals surface area (Å²) in [4.78, 5) is 24.5. The molecule has 7 heteroatoms. The van der Waals surface area contributed by atoms with E-state index in [9.17, 15) is 9.59 Å². The fourth-order valence-electron chi connectivity index (χ4n) is 1.88. The SMILES string of the molecule is COC(=O)CC(NC(=O)c1sccc1Br)c1ccc(Cl)cc1. The monoisotopic (exact) mass is 401 g/mol. The Hall–Kier alpha value is -1.37. The Balaban J connectivity index is 2.21. The van der Waals surface area contributed by atoms with Gasteiger partial charge in [-0.25, -0.2) is 0 Å². The van der Waals surface area contributed by atoms with E-state index in [0.717, 1.165) is 10.0 Å². The highest BCUT2D eigenvalue weighted by Gasteiger charge is 2.21. The molecule has 1 aromatic carbocycles. The van der Waals surface area contributed by atoms with E-state index >= 15 is 0 Å². The summed E-state index contributed by atoms with van der Waals surface area (Å²) in [6.07, 6.45) is 0.0485. The van der Waals surface area contributed by atoms with Gasteiger partial charge in [0.15, 0.2) is 0 Å². The van der Waals surface area contributed by atoms with Crippen LogP contribution in [-0.2, 0) is 9.53 Å². The standard InChI is InChI=1S/C15H13BrClNO3S/c1-21-13(19)8-12(9-2-4-10(17)5-3-9)18-15(20)14-11(16)6-7-22-14/h2-7,12H,8H2,1H3,(H,18,20). The number of methoxy groups -OCH3 is 1. The maximum absolute atomic E-state index is 12.3. The van der Waals surface area contributed by atoms with E-state index in [0.29, 0.717) is 9.90 Å². The van der Waals surface area contributed by atoms with Crippen molar-refractivity contribution in [3.8, 4) is 0 Å². The van der Waals surface area contributed by atoms with Gasteiger partial charge in [0, 0.05) is 9.50 Å². The van der Waals surface area contributed by atoms with Gasteiger partial charge in [0.05, 0.1) is 19.6 Å². The van der Waals surface area contributed by atoms with Crippen LogP contribution < -0.4 is 5.32 Å². The Morgan fingerprint density at radius 3 is 2.55 bits per heavy atom. The third-order valence-electron chi connectivity index (χ3n) is 3.00. The zero-order valence-electron chi connectivity index (χ0n) is 11.6. The van der Waals surface area contributed by atoms with Gasteiger partial charge in [-0.3, -0.25) is 9.59 Å². The molecule has 116 valence electrons. The van der Waals surface area contributed by atoms with Crippen molar-refractivity contribution < 1.29 is 14.3 Å². The average Bonchev–Trinajstić information content (AvgIpc) is 2.93. The van der Waals surface area contributed by atoms with E-state index < -0.39 is 12.0 Å². The average molecular weight is 403 g/mol. The molecule has 1 unspecified atom stereocenters. The highest BCUT2D eigenvalue weighted by molar-refractivity contribution is 9.10. The van der Waals surface area contributed by atoms with Gasteiger partial charge in [0.2, 0.25) is 0 Å². The van der Waals surface area contributed by atoms with E-state index in [1.165, 1.54) is 18.4 Å². The van der Waals surface area contributed by atoms with E-state index in [1.807, 2.05) is 5.38 Å². The molecule has 0 aliphatic rings. The number of halogens is 2. The molecule has 0 aliphatic heterocycles. The van der Waals surface area contributed by atoms with Crippen LogP contribution in [0.25, 0.3) is 0 Å². The quantitative estimate of drug-likeness (QED) is 0.763. The summed E-state index contributed by atoms with van der Waals surface area (Å²) in [6.45, 7) is 0. The lowest BCUT2D eigenvalue weighted by Crippen LogP contribution is -2.30. The van der Waals surface area contributed by atoms with Gasteiger partial charge in [0.1, 0.15) is 4.88 Å². The Kier molecular flexibility index (Phi) is 5.99. The largest absolute Gasteiger partial charge is 0.469 e. The van der Waals surface area contributed by atoms with Crippen LogP contribution in [-0.4, -0.2) is 19.0 Å². The zero-order chi connectivity index (χ0) is 16.1. The fraction of sp³-hybridized carbons (Fsp3) is 0.200. The first-order valence-electron chi connectivity index (χ1n) is 6.37. The highest BCUT2D eigenvalue weighted by Crippen LogP contribution is 2.25. The second kappa shape index (κ2) is 7.76. The van der Waals surface area contributed by atoms with Crippen molar-refractivity contribution in [3.63, 3.8) is 0 Å². The number of benzene rings is 1. The molecular formula is C15H13BrClNO3S. The molecule has 0 bridgehead atoms. The first kappa shape index (κ1) is 17.0. The third-order valence-corrected chi connectivity index (χ3v) is 5.09. The lowest BCUT2D eigenvalue weighted by molar-refractivity contribution is -0.141. The summed E-state index contributed by atoms with van der Waals surface area (Å²) in [7, 11) is 1.32. The van der Waals surface area contributed by atoms with Crippen LogP contribution in [0.15, 0.2) is 40.2 Å². The van der Waals surface area contributed by atoms with Crippen LogP contribution in [0, 0.1) is 0 Å². The van der Waals surface area contributed by atoms with Crippen LogP contribution in [0.1, 0.15) is 27.7 Å². The number of hydrogen-bond donors (Lipinski definition) is 1. The predicted octanol–water partition coefficient (Wildman–Crippen LogP) is 4.20. The van der Waals surface area contributed by atoms with Crippen LogP contribution in [0.4, 0.5) is 0 Å². The minimum absolute atomic E-state index is 0.0485. The van der Waals surface area contributed by atoms with Crippen LogP contribution in [0.3, 0.4) is 0 Å². The summed E-state index contributed by atoms with van der Waals surface area (Å²) in [5.74, 6) is -0.642. The van der Waals surface area contributed by atoms with Crippen molar-refractivity contribution in [1.29, 1.82) is 0 Å². The van der Waals surface area contributed by atoms with Crippen LogP contribution in [0.2, 0.25) is 5.02 Å². The number of rotatable bonds is 5. The summed E-state index contributed by atoms with van der Waals surface area (Å²) in [6, 6.07) is 8.31. The summed E-state index contributed by atoms with van der Waals surface area (Å²) >= 11 is 10.5. The summed E-state index contributed by atoms with van der Waals surface area (Å²) < 4.78 is 5.42. The maximum Gasteiger partial charge on any atom is 0.307 e. The third kappa shape index (κ3) is 4.32. The lowest BCUT2D eigenvalue weighted by Gasteiger charge is -2.18. The molecular weight excluding hydrogens is 390 g/mol. The van der Waals surface area contributed by atoms with Crippen LogP contribution >= 0.6 is 38.9 Å². The van der Waals surface area contributed by atoms with Gasteiger partial charge in [0.25, 0.3) is 5.91 Å². The Bertz CT molecular complexity index is 672. The van der Waals surface area contributed by atoms with E-state index in [2.05, 4.69) is 21.2 Å². The number of carbonyl (C=O) groups excluding carboxylic acids is 2. The number of carbonyl (C=O) groups is 2. The van der Waals surface area contributed by atoms with Gasteiger partial charge >= 0.3 is 5.97 Å². The molecule has 0 aliphatic carbocycles. The van der Waals surface area contributed by atoms with Gasteiger partial charge in [-0.2, -0.15) is 0 Å². The van der Waals surface area contributed by atoms with E-state index in [1.54, 1.807) is 30.3 Å². The topological polar surface area (TPSA) is 55.4 Å². The maximum atomic E-state index is 12.3. The highest BCUT2D eigenvalue weighted by atomic mass is 79.9. The van der Waals surface area contributed by atoms with Crippen LogP contribution in [0.5, 0.6) is 0 Å². The molecule has 1 N–H and O–H groups in total. The normalized spacial score (nSPS) is 11.8. The molecule has 1 aromatic heterocycles. The molecule has 4 nitrogen and oxygen atoms in total. The van der Waals surface area contributed by atoms with Crippen molar-refractivity contribution in [2.24, 2.45) is 0 Å². The van der Waals surface area contributed by atoms with Crippen molar-refractivity contribution in [2.45, 2.75) is 12.5 Å². The van der Waals surface area contributed by atoms with Crippen molar-refractivity contribution in [1.82, 2.24) is 5.32 Å². The fourth-order valence-corrected chi connectivity index (χ4v) is 3.46. The number of nitrogens with one attached hydrogen (secondary N) is 1. The molecule has 0 fully saturated rings. The molecule has 0 radical (unpaired) electrons. The number of amides is 1. The van der Waals surface area contributed by atoms with E-state index in [4.69, 9.17) is 16.3 Å². The van der Waals surface area contributed by atoms with Gasteiger partial charge in [-0.05, 0) is 45.1 Å². The number of ether oxygens (including phenoxy) is 1. The minimum atomic E-state index is -0.480. The molecule has 0 saturated carbocycles. The molecule has 2 aromatic rings. The lowest BCUT2D eigenvalue weighted by atomic mass is 10.0. The molecule has 1 amide bonds. The smallest absolute Gasteiger partial charge is 0.307 e. The molecule has 0 saturated heterocycles. The second-order valence-electron chi connectivity index (χ2n) is 4.46. The van der Waals surface area contributed by atoms with Crippen molar-refractivity contribution in [2.75, 3.05) is 7.11 Å². The van der Waals surface area contributed by atoms with Crippen molar-refractivity contribution in [3.05, 3.63) is 55.6 Å². The summed E-state index contributed by atoms with van der Waals surface area (Å²) in [5.41, 5.74) is 0.788. The molecule has 1 atom stereocenters. The summed E-state index contributed by atoms with van der Waals surface area (Å²) in [5, 5.41) is 5.27. The molecule has 2 rings (SSSR count). The Morgan fingerprint density at radius 1 is 1.32 bits per heavy atom. The Morgan fingerprint density at radius 2 is 2.00 bits per heavy atom. The minimum Gasteiger partial charge on any atom is -0.469 e. The predicted molar refractivity (Wildman–Crippen MR) is 90.3 cm³/mol. The molecule has 22 heavy (non-hydrogen) atoms. The number of esters is 1. The Labute approximate surface area is 145 Å². The van der Waals surface area contributed by atoms with E-state index in [-0.39, 0.29) is 12.3 Å². The van der Waals surface area contributed by atoms with Gasteiger partial charge in [-0.1, -0.05) is 23.7 Å². The molecule has 0 spiro atoms. The first-order valence-corrected chi connectivity index (χ1v) is 8.42.